The Morgan fingerprint density at radius 2 is 1.48 bits per heavy atom. The first kappa shape index (κ1) is 19.4. The molecule has 146 valence electrons. The number of fused-ring (bicyclic) bond motifs is 2. The molecule has 0 fully saturated rings. The van der Waals surface area contributed by atoms with Crippen LogP contribution in [0.5, 0.6) is 0 Å². The summed E-state index contributed by atoms with van der Waals surface area (Å²) in [5.41, 5.74) is 10.3. The predicted octanol–water partition coefficient (Wildman–Crippen LogP) is 4.78. The molecule has 5 aromatic rings. The Kier molecular flexibility index (Phi) is 5.77. The van der Waals surface area contributed by atoms with E-state index >= 15 is 0 Å². The molecule has 0 amide bonds. The normalized spacial score (nSPS) is 10.7. The van der Waals surface area contributed by atoms with Crippen LogP contribution in [0, 0.1) is 0 Å². The van der Waals surface area contributed by atoms with Crippen LogP contribution in [0.4, 0.5) is 11.4 Å². The number of nitrogens with two attached hydrogens (primary N) is 1. The summed E-state index contributed by atoms with van der Waals surface area (Å²) in [6.07, 6.45) is 14.8. The summed E-state index contributed by atoms with van der Waals surface area (Å²) in [5.74, 6) is 0. The summed E-state index contributed by atoms with van der Waals surface area (Å²) in [7, 11) is 0. The lowest BCUT2D eigenvalue weighted by Gasteiger charge is -2.08. The maximum atomic E-state index is 5.69. The number of hydrogen-bond donors (Lipinski definition) is 2. The van der Waals surface area contributed by atoms with Crippen molar-refractivity contribution in [1.29, 1.82) is 0 Å². The van der Waals surface area contributed by atoms with E-state index < -0.39 is 0 Å². The minimum absolute atomic E-state index is 0.685. The van der Waals surface area contributed by atoms with E-state index in [2.05, 4.69) is 52.1 Å². The Bertz CT molecular complexity index is 1250. The highest BCUT2D eigenvalue weighted by Gasteiger charge is 2.04. The van der Waals surface area contributed by atoms with Crippen molar-refractivity contribution in [1.82, 2.24) is 23.8 Å². The molecule has 9 heteroatoms. The molecule has 0 aliphatic carbocycles. The smallest absolute Gasteiger partial charge is 0.160 e. The Balaban J connectivity index is 0.000000159. The summed E-state index contributed by atoms with van der Waals surface area (Å²) in [6.45, 7) is 0.751. The van der Waals surface area contributed by atoms with Crippen LogP contribution >= 0.6 is 31.9 Å². The van der Waals surface area contributed by atoms with Crippen LogP contribution in [-0.2, 0) is 6.54 Å². The fourth-order valence-electron chi connectivity index (χ4n) is 2.85. The number of aromatic nitrogens is 5. The van der Waals surface area contributed by atoms with Crippen molar-refractivity contribution in [2.24, 2.45) is 0 Å². The summed E-state index contributed by atoms with van der Waals surface area (Å²) < 4.78 is 5.84. The van der Waals surface area contributed by atoms with Crippen molar-refractivity contribution in [3.05, 3.63) is 88.3 Å². The molecule has 0 saturated heterocycles. The van der Waals surface area contributed by atoms with Gasteiger partial charge in [-0.05, 0) is 61.7 Å². The monoisotopic (exact) mass is 513 g/mol. The van der Waals surface area contributed by atoms with Gasteiger partial charge in [0.2, 0.25) is 0 Å². The third-order valence-corrected chi connectivity index (χ3v) is 5.04. The largest absolute Gasteiger partial charge is 0.396 e. The zero-order valence-corrected chi connectivity index (χ0v) is 18.4. The standard InChI is InChI=1S/C13H11BrN4.C7H6BrN3/c14-11-7-12(13-16-5-6-18(13)9-11)17-8-10-1-3-15-4-2-10;8-5-3-6(9)7-10-1-2-11(7)4-5/h1-7,9,17H,8H2;1-4H,9H2. The van der Waals surface area contributed by atoms with Crippen molar-refractivity contribution < 1.29 is 0 Å². The van der Waals surface area contributed by atoms with Crippen molar-refractivity contribution in [3.8, 4) is 0 Å². The third kappa shape index (κ3) is 4.57. The van der Waals surface area contributed by atoms with Gasteiger partial charge in [-0.15, -0.1) is 0 Å². The lowest BCUT2D eigenvalue weighted by molar-refractivity contribution is 1.11. The molecule has 7 nitrogen and oxygen atoms in total. The molecule has 29 heavy (non-hydrogen) atoms. The molecule has 0 aliphatic rings. The van der Waals surface area contributed by atoms with Crippen LogP contribution in [0.1, 0.15) is 5.56 Å². The van der Waals surface area contributed by atoms with E-state index in [1.54, 1.807) is 24.8 Å². The van der Waals surface area contributed by atoms with Gasteiger partial charge in [-0.3, -0.25) is 4.98 Å². The first-order chi connectivity index (χ1) is 14.1. The topological polar surface area (TPSA) is 85.5 Å². The number of nitrogens with one attached hydrogen (secondary N) is 1. The van der Waals surface area contributed by atoms with Gasteiger partial charge in [0.15, 0.2) is 11.3 Å². The van der Waals surface area contributed by atoms with E-state index in [1.165, 1.54) is 5.56 Å². The molecular formula is C20H17Br2N7. The van der Waals surface area contributed by atoms with Crippen molar-refractivity contribution in [3.63, 3.8) is 0 Å². The summed E-state index contributed by atoms with van der Waals surface area (Å²) in [6, 6.07) is 7.85. The molecule has 0 spiro atoms. The maximum absolute atomic E-state index is 5.69. The lowest BCUT2D eigenvalue weighted by Crippen LogP contribution is -2.01. The van der Waals surface area contributed by atoms with Gasteiger partial charge in [0, 0.05) is 65.1 Å². The van der Waals surface area contributed by atoms with Crippen molar-refractivity contribution >= 4 is 54.5 Å². The Labute approximate surface area is 183 Å². The lowest BCUT2D eigenvalue weighted by atomic mass is 10.2. The molecule has 0 bridgehead atoms. The van der Waals surface area contributed by atoms with Crippen LogP contribution < -0.4 is 11.1 Å². The average molecular weight is 515 g/mol. The molecule has 3 N–H and O–H groups in total. The maximum Gasteiger partial charge on any atom is 0.160 e. The first-order valence-electron chi connectivity index (χ1n) is 8.73. The Morgan fingerprint density at radius 1 is 0.862 bits per heavy atom. The van der Waals surface area contributed by atoms with Gasteiger partial charge >= 0.3 is 0 Å². The highest BCUT2D eigenvalue weighted by Crippen LogP contribution is 2.22. The highest BCUT2D eigenvalue weighted by molar-refractivity contribution is 9.10. The van der Waals surface area contributed by atoms with Gasteiger partial charge in [-0.25, -0.2) is 9.97 Å². The molecular weight excluding hydrogens is 498 g/mol. The first-order valence-corrected chi connectivity index (χ1v) is 10.3. The molecule has 0 atom stereocenters. The van der Waals surface area contributed by atoms with Crippen LogP contribution in [-0.4, -0.2) is 23.8 Å². The second kappa shape index (κ2) is 8.62. The van der Waals surface area contributed by atoms with Crippen LogP contribution in [0.25, 0.3) is 11.3 Å². The number of imidazole rings is 2. The van der Waals surface area contributed by atoms with Gasteiger partial charge < -0.3 is 19.9 Å². The highest BCUT2D eigenvalue weighted by atomic mass is 79.9. The van der Waals surface area contributed by atoms with Gasteiger partial charge in [-0.2, -0.15) is 0 Å². The molecule has 0 aliphatic heterocycles. The number of halogens is 2. The van der Waals surface area contributed by atoms with Crippen molar-refractivity contribution in [2.75, 3.05) is 11.1 Å². The molecule has 0 aromatic carbocycles. The van der Waals surface area contributed by atoms with E-state index in [-0.39, 0.29) is 0 Å². The molecule has 0 saturated carbocycles. The minimum Gasteiger partial charge on any atom is -0.396 e. The van der Waals surface area contributed by atoms with Gasteiger partial charge in [-0.1, -0.05) is 0 Å². The number of nitrogens with zero attached hydrogens (tertiary/aromatic N) is 5. The van der Waals surface area contributed by atoms with Crippen molar-refractivity contribution in [2.45, 2.75) is 6.54 Å². The SMILES string of the molecule is Brc1cc(NCc2ccncc2)c2nccn2c1.Nc1cc(Br)cn2ccnc12. The minimum atomic E-state index is 0.685. The molecule has 5 heterocycles. The van der Waals surface area contributed by atoms with Crippen LogP contribution in [0.3, 0.4) is 0 Å². The Hall–Kier alpha value is -2.91. The fourth-order valence-corrected chi connectivity index (χ4v) is 3.77. The third-order valence-electron chi connectivity index (χ3n) is 4.17. The number of hydrogen-bond acceptors (Lipinski definition) is 5. The zero-order valence-electron chi connectivity index (χ0n) is 15.2. The van der Waals surface area contributed by atoms with Gasteiger partial charge in [0.1, 0.15) is 0 Å². The van der Waals surface area contributed by atoms with E-state index in [9.17, 15) is 0 Å². The van der Waals surface area contributed by atoms with Gasteiger partial charge in [0.25, 0.3) is 0 Å². The van der Waals surface area contributed by atoms with Crippen LogP contribution in [0.2, 0.25) is 0 Å². The molecule has 5 aromatic heterocycles. The molecule has 0 unspecified atom stereocenters. The summed E-state index contributed by atoms with van der Waals surface area (Å²) in [5, 5.41) is 3.39. The van der Waals surface area contributed by atoms with E-state index in [1.807, 2.05) is 57.9 Å². The molecule has 0 radical (unpaired) electrons. The number of pyridine rings is 3. The van der Waals surface area contributed by atoms with E-state index in [0.717, 1.165) is 32.5 Å². The summed E-state index contributed by atoms with van der Waals surface area (Å²) >= 11 is 6.83. The van der Waals surface area contributed by atoms with E-state index in [0.29, 0.717) is 5.69 Å². The average Bonchev–Trinajstić information content (AvgIpc) is 3.36. The second-order valence-electron chi connectivity index (χ2n) is 6.21. The zero-order chi connectivity index (χ0) is 20.2. The Morgan fingerprint density at radius 3 is 2.21 bits per heavy atom. The number of nitrogen functional groups attached to an aromatic ring is 1. The second-order valence-corrected chi connectivity index (χ2v) is 8.04. The quantitative estimate of drug-likeness (QED) is 0.361. The van der Waals surface area contributed by atoms with Gasteiger partial charge in [0.05, 0.1) is 11.4 Å². The number of rotatable bonds is 3. The molecule has 5 rings (SSSR count). The summed E-state index contributed by atoms with van der Waals surface area (Å²) in [4.78, 5) is 12.4. The predicted molar refractivity (Wildman–Crippen MR) is 122 cm³/mol. The van der Waals surface area contributed by atoms with E-state index in [4.69, 9.17) is 5.73 Å². The van der Waals surface area contributed by atoms with Crippen LogP contribution in [0.15, 0.2) is 82.8 Å². The number of anilines is 2. The fraction of sp³-hybridized carbons (Fsp3) is 0.0500.